The number of thioether (sulfide) groups is 1. The van der Waals surface area contributed by atoms with Crippen LogP contribution in [-0.4, -0.2) is 46.2 Å². The second-order valence-corrected chi connectivity index (χ2v) is 8.68. The molecule has 1 aliphatic rings. The molecular formula is C16H22N4OS2. The maximum atomic E-state index is 12.5. The van der Waals surface area contributed by atoms with Gasteiger partial charge in [0.1, 0.15) is 16.2 Å². The molecule has 1 saturated heterocycles. The average molecular weight is 351 g/mol. The number of nitrogens with zero attached hydrogens (tertiary/aromatic N) is 3. The zero-order chi connectivity index (χ0) is 16.6. The van der Waals surface area contributed by atoms with Crippen molar-refractivity contribution >= 4 is 39.2 Å². The van der Waals surface area contributed by atoms with Gasteiger partial charge in [-0.05, 0) is 37.8 Å². The number of aromatic nitrogens is 2. The molecule has 3 heterocycles. The fourth-order valence-electron chi connectivity index (χ4n) is 2.88. The van der Waals surface area contributed by atoms with Gasteiger partial charge in [0.05, 0.1) is 5.75 Å². The van der Waals surface area contributed by atoms with Crippen molar-refractivity contribution in [2.24, 2.45) is 11.1 Å². The van der Waals surface area contributed by atoms with Crippen LogP contribution in [0.4, 0.5) is 0 Å². The van der Waals surface area contributed by atoms with Gasteiger partial charge in [0.15, 0.2) is 0 Å². The molecule has 2 aromatic rings. The van der Waals surface area contributed by atoms with Crippen LogP contribution in [0.25, 0.3) is 10.2 Å². The highest BCUT2D eigenvalue weighted by atomic mass is 32.2. The van der Waals surface area contributed by atoms with Crippen LogP contribution in [0.15, 0.2) is 11.4 Å². The minimum Gasteiger partial charge on any atom is -0.341 e. The largest absolute Gasteiger partial charge is 0.341 e. The topological polar surface area (TPSA) is 72.1 Å². The molecule has 0 saturated carbocycles. The number of fused-ring (bicyclic) bond motifs is 1. The molecule has 2 aromatic heterocycles. The van der Waals surface area contributed by atoms with E-state index in [-0.39, 0.29) is 11.3 Å². The highest BCUT2D eigenvalue weighted by Gasteiger charge is 2.34. The Labute approximate surface area is 144 Å². The van der Waals surface area contributed by atoms with Crippen LogP contribution in [-0.2, 0) is 4.79 Å². The molecule has 0 radical (unpaired) electrons. The summed E-state index contributed by atoms with van der Waals surface area (Å²) >= 11 is 3.19. The summed E-state index contributed by atoms with van der Waals surface area (Å²) in [6.45, 7) is 8.54. The lowest BCUT2D eigenvalue weighted by atomic mass is 9.90. The molecule has 124 valence electrons. The molecule has 1 aliphatic heterocycles. The van der Waals surface area contributed by atoms with E-state index >= 15 is 0 Å². The molecule has 1 amide bonds. The summed E-state index contributed by atoms with van der Waals surface area (Å²) in [7, 11) is 0. The Bertz CT molecular complexity index is 745. The van der Waals surface area contributed by atoms with Gasteiger partial charge in [0.2, 0.25) is 5.91 Å². The summed E-state index contributed by atoms with van der Waals surface area (Å²) in [6.07, 6.45) is 2.58. The molecule has 0 spiro atoms. The van der Waals surface area contributed by atoms with E-state index in [4.69, 9.17) is 5.73 Å². The standard InChI is InChI=1S/C16H22N4OS2/c1-10-11(2)23-15-13(10)14(18-9-19-15)22-6-12(21)20-5-4-16(3,7-17)8-20/h9H,4-8,17H2,1-3H3. The van der Waals surface area contributed by atoms with Crippen LogP contribution in [0, 0.1) is 19.3 Å². The zero-order valence-corrected chi connectivity index (χ0v) is 15.4. The Morgan fingerprint density at radius 1 is 1.48 bits per heavy atom. The SMILES string of the molecule is Cc1sc2ncnc(SCC(=O)N3CCC(C)(CN)C3)c2c1C. The van der Waals surface area contributed by atoms with Crippen LogP contribution in [0.5, 0.6) is 0 Å². The number of rotatable bonds is 4. The average Bonchev–Trinajstić information content (AvgIpc) is 3.07. The van der Waals surface area contributed by atoms with Crippen molar-refractivity contribution in [2.75, 3.05) is 25.4 Å². The first-order chi connectivity index (χ1) is 10.9. The van der Waals surface area contributed by atoms with Gasteiger partial charge < -0.3 is 10.6 Å². The van der Waals surface area contributed by atoms with Crippen molar-refractivity contribution in [3.8, 4) is 0 Å². The molecule has 0 aliphatic carbocycles. The number of aryl methyl sites for hydroxylation is 2. The number of nitrogens with two attached hydrogens (primary N) is 1. The van der Waals surface area contributed by atoms with Gasteiger partial charge in [0.25, 0.3) is 0 Å². The van der Waals surface area contributed by atoms with Crippen molar-refractivity contribution in [3.05, 3.63) is 16.8 Å². The monoisotopic (exact) mass is 350 g/mol. The highest BCUT2D eigenvalue weighted by Crippen LogP contribution is 2.35. The lowest BCUT2D eigenvalue weighted by Crippen LogP contribution is -2.35. The molecule has 3 rings (SSSR count). The van der Waals surface area contributed by atoms with Gasteiger partial charge in [0, 0.05) is 23.4 Å². The van der Waals surface area contributed by atoms with Crippen molar-refractivity contribution in [3.63, 3.8) is 0 Å². The van der Waals surface area contributed by atoms with E-state index in [0.717, 1.165) is 34.8 Å². The zero-order valence-electron chi connectivity index (χ0n) is 13.8. The predicted octanol–water partition coefficient (Wildman–Crippen LogP) is 2.60. The fourth-order valence-corrected chi connectivity index (χ4v) is 4.90. The molecule has 0 bridgehead atoms. The number of thiophene rings is 1. The number of hydrogen-bond acceptors (Lipinski definition) is 6. The molecule has 5 nitrogen and oxygen atoms in total. The maximum Gasteiger partial charge on any atom is 0.233 e. The Balaban J connectivity index is 1.71. The molecule has 7 heteroatoms. The molecule has 1 fully saturated rings. The first kappa shape index (κ1) is 16.7. The first-order valence-electron chi connectivity index (χ1n) is 7.75. The Morgan fingerprint density at radius 3 is 2.96 bits per heavy atom. The van der Waals surface area contributed by atoms with E-state index in [1.165, 1.54) is 22.2 Å². The van der Waals surface area contributed by atoms with Crippen molar-refractivity contribution in [1.29, 1.82) is 0 Å². The molecule has 1 unspecified atom stereocenters. The fraction of sp³-hybridized carbons (Fsp3) is 0.562. The van der Waals surface area contributed by atoms with Gasteiger partial charge in [-0.1, -0.05) is 18.7 Å². The normalized spacial score (nSPS) is 21.3. The van der Waals surface area contributed by atoms with Crippen LogP contribution >= 0.6 is 23.1 Å². The number of carbonyl (C=O) groups is 1. The van der Waals surface area contributed by atoms with Crippen LogP contribution < -0.4 is 5.73 Å². The third kappa shape index (κ3) is 3.22. The van der Waals surface area contributed by atoms with Gasteiger partial charge >= 0.3 is 0 Å². The quantitative estimate of drug-likeness (QED) is 0.678. The smallest absolute Gasteiger partial charge is 0.233 e. The Hall–Kier alpha value is -1.18. The number of carbonyl (C=O) groups excluding carboxylic acids is 1. The molecule has 1 atom stereocenters. The van der Waals surface area contributed by atoms with E-state index in [9.17, 15) is 4.79 Å². The van der Waals surface area contributed by atoms with E-state index in [2.05, 4.69) is 30.7 Å². The van der Waals surface area contributed by atoms with Gasteiger partial charge in [-0.3, -0.25) is 4.79 Å². The summed E-state index contributed by atoms with van der Waals surface area (Å²) in [5.41, 5.74) is 7.11. The number of likely N-dealkylation sites (tertiary alicyclic amines) is 1. The van der Waals surface area contributed by atoms with E-state index in [1.807, 2.05) is 4.90 Å². The first-order valence-corrected chi connectivity index (χ1v) is 9.55. The summed E-state index contributed by atoms with van der Waals surface area (Å²) in [4.78, 5) is 25.4. The minimum absolute atomic E-state index is 0.0730. The lowest BCUT2D eigenvalue weighted by Gasteiger charge is -2.22. The molecular weight excluding hydrogens is 328 g/mol. The third-order valence-electron chi connectivity index (χ3n) is 4.67. The lowest BCUT2D eigenvalue weighted by molar-refractivity contribution is -0.127. The molecule has 0 aromatic carbocycles. The van der Waals surface area contributed by atoms with Crippen LogP contribution in [0.2, 0.25) is 0 Å². The van der Waals surface area contributed by atoms with E-state index in [0.29, 0.717) is 12.3 Å². The summed E-state index contributed by atoms with van der Waals surface area (Å²) in [5, 5.41) is 2.01. The van der Waals surface area contributed by atoms with Crippen LogP contribution in [0.1, 0.15) is 23.8 Å². The van der Waals surface area contributed by atoms with Crippen LogP contribution in [0.3, 0.4) is 0 Å². The van der Waals surface area contributed by atoms with Gasteiger partial charge in [-0.2, -0.15) is 0 Å². The van der Waals surface area contributed by atoms with E-state index < -0.39 is 0 Å². The second-order valence-electron chi connectivity index (χ2n) is 6.51. The van der Waals surface area contributed by atoms with Crippen molar-refractivity contribution < 1.29 is 4.79 Å². The van der Waals surface area contributed by atoms with Crippen molar-refractivity contribution in [2.45, 2.75) is 32.2 Å². The van der Waals surface area contributed by atoms with Gasteiger partial charge in [-0.25, -0.2) is 9.97 Å². The summed E-state index contributed by atoms with van der Waals surface area (Å²) in [6, 6.07) is 0. The minimum atomic E-state index is 0.0730. The van der Waals surface area contributed by atoms with Crippen molar-refractivity contribution in [1.82, 2.24) is 14.9 Å². The maximum absolute atomic E-state index is 12.5. The third-order valence-corrected chi connectivity index (χ3v) is 6.76. The Kier molecular flexibility index (Phi) is 4.62. The summed E-state index contributed by atoms with van der Waals surface area (Å²) in [5.74, 6) is 0.588. The summed E-state index contributed by atoms with van der Waals surface area (Å²) < 4.78 is 0. The number of hydrogen-bond donors (Lipinski definition) is 1. The second kappa shape index (κ2) is 6.37. The molecule has 2 N–H and O–H groups in total. The van der Waals surface area contributed by atoms with E-state index in [1.54, 1.807) is 17.7 Å². The van der Waals surface area contributed by atoms with Gasteiger partial charge in [-0.15, -0.1) is 11.3 Å². The molecule has 23 heavy (non-hydrogen) atoms. The predicted molar refractivity (Wildman–Crippen MR) is 96.0 cm³/mol. The Morgan fingerprint density at radius 2 is 2.26 bits per heavy atom. The highest BCUT2D eigenvalue weighted by molar-refractivity contribution is 8.00. The number of amides is 1.